The number of allylic oxidation sites excluding steroid dienone is 1. The summed E-state index contributed by atoms with van der Waals surface area (Å²) < 4.78 is 30.2. The third-order valence-corrected chi connectivity index (χ3v) is 3.95. The van der Waals surface area contributed by atoms with Crippen LogP contribution in [0.1, 0.15) is 26.2 Å². The van der Waals surface area contributed by atoms with Crippen molar-refractivity contribution in [3.05, 3.63) is 12.2 Å². The third-order valence-electron chi connectivity index (χ3n) is 3.14. The van der Waals surface area contributed by atoms with E-state index in [4.69, 9.17) is 10.3 Å². The maximum absolute atomic E-state index is 11.6. The van der Waals surface area contributed by atoms with Crippen molar-refractivity contribution < 1.29 is 22.9 Å². The zero-order valence-electron chi connectivity index (χ0n) is 12.2. The highest BCUT2D eigenvalue weighted by Crippen LogP contribution is 2.21. The Kier molecular flexibility index (Phi) is 6.99. The lowest BCUT2D eigenvalue weighted by atomic mass is 9.94. The van der Waals surface area contributed by atoms with Crippen LogP contribution in [0.15, 0.2) is 12.2 Å². The van der Waals surface area contributed by atoms with Gasteiger partial charge in [0.15, 0.2) is 5.78 Å². The summed E-state index contributed by atoms with van der Waals surface area (Å²) in [4.78, 5) is 13.2. The van der Waals surface area contributed by atoms with E-state index in [2.05, 4.69) is 6.58 Å². The van der Waals surface area contributed by atoms with E-state index < -0.39 is 27.6 Å². The van der Waals surface area contributed by atoms with Crippen LogP contribution in [0.3, 0.4) is 0 Å². The van der Waals surface area contributed by atoms with E-state index in [-0.39, 0.29) is 25.0 Å². The van der Waals surface area contributed by atoms with Gasteiger partial charge in [-0.1, -0.05) is 6.58 Å². The molecule has 0 spiro atoms. The SMILES string of the molecule is C=C(C)C(=O)CCC(N)(CC(O)CS(=O)(=O)O)N(C)C. The molecule has 0 saturated heterocycles. The van der Waals surface area contributed by atoms with Gasteiger partial charge < -0.3 is 10.8 Å². The molecule has 0 aliphatic carbocycles. The average Bonchev–Trinajstić information content (AvgIpc) is 2.22. The predicted octanol–water partition coefficient (Wildman–Crippen LogP) is -0.233. The second-order valence-corrected chi connectivity index (χ2v) is 6.81. The molecule has 8 heteroatoms. The number of hydrogen-bond donors (Lipinski definition) is 3. The van der Waals surface area contributed by atoms with Gasteiger partial charge in [-0.05, 0) is 33.0 Å². The van der Waals surface area contributed by atoms with E-state index in [1.165, 1.54) is 0 Å². The Morgan fingerprint density at radius 3 is 2.30 bits per heavy atom. The lowest BCUT2D eigenvalue weighted by Gasteiger charge is -2.37. The minimum atomic E-state index is -4.27. The van der Waals surface area contributed by atoms with Gasteiger partial charge in [-0.15, -0.1) is 0 Å². The maximum atomic E-state index is 11.6. The number of ketones is 1. The normalized spacial score (nSPS) is 16.8. The quantitative estimate of drug-likeness (QED) is 0.305. The molecule has 0 aromatic rings. The van der Waals surface area contributed by atoms with Crippen molar-refractivity contribution in [2.24, 2.45) is 5.73 Å². The second kappa shape index (κ2) is 7.28. The number of nitrogens with zero attached hydrogens (tertiary/aromatic N) is 1. The summed E-state index contributed by atoms with van der Waals surface area (Å²) in [5.41, 5.74) is 5.49. The smallest absolute Gasteiger partial charge is 0.267 e. The van der Waals surface area contributed by atoms with Crippen LogP contribution in [-0.2, 0) is 14.9 Å². The summed E-state index contributed by atoms with van der Waals surface area (Å²) in [6.45, 7) is 5.14. The number of Topliss-reactive ketones (excluding diaryl/α,β-unsaturated/α-hetero) is 1. The zero-order valence-corrected chi connectivity index (χ0v) is 13.0. The molecule has 0 amide bonds. The van der Waals surface area contributed by atoms with Gasteiger partial charge in [0.05, 0.1) is 11.8 Å². The summed E-state index contributed by atoms with van der Waals surface area (Å²) in [7, 11) is -0.927. The van der Waals surface area contributed by atoms with Crippen molar-refractivity contribution in [1.29, 1.82) is 0 Å². The molecule has 4 N–H and O–H groups in total. The van der Waals surface area contributed by atoms with Gasteiger partial charge in [0.25, 0.3) is 10.1 Å². The van der Waals surface area contributed by atoms with Crippen molar-refractivity contribution in [2.45, 2.75) is 38.0 Å². The fourth-order valence-corrected chi connectivity index (χ4v) is 2.37. The molecule has 0 radical (unpaired) electrons. The van der Waals surface area contributed by atoms with Gasteiger partial charge >= 0.3 is 0 Å². The van der Waals surface area contributed by atoms with E-state index >= 15 is 0 Å². The van der Waals surface area contributed by atoms with E-state index in [1.54, 1.807) is 25.9 Å². The van der Waals surface area contributed by atoms with Gasteiger partial charge in [-0.25, -0.2) is 0 Å². The van der Waals surface area contributed by atoms with Gasteiger partial charge in [0.2, 0.25) is 0 Å². The van der Waals surface area contributed by atoms with E-state index in [0.717, 1.165) is 0 Å². The van der Waals surface area contributed by atoms with Gasteiger partial charge in [0, 0.05) is 12.8 Å². The average molecular weight is 308 g/mol. The number of aliphatic hydroxyl groups is 1. The first-order valence-electron chi connectivity index (χ1n) is 6.15. The molecule has 0 saturated carbocycles. The summed E-state index contributed by atoms with van der Waals surface area (Å²) >= 11 is 0. The number of hydrogen-bond acceptors (Lipinski definition) is 6. The Morgan fingerprint density at radius 2 is 1.95 bits per heavy atom. The van der Waals surface area contributed by atoms with E-state index in [1.807, 2.05) is 0 Å². The van der Waals surface area contributed by atoms with Gasteiger partial charge in [-0.2, -0.15) is 8.42 Å². The van der Waals surface area contributed by atoms with Crippen LogP contribution >= 0.6 is 0 Å². The van der Waals surface area contributed by atoms with Crippen molar-refractivity contribution in [3.63, 3.8) is 0 Å². The maximum Gasteiger partial charge on any atom is 0.267 e. The van der Waals surface area contributed by atoms with Crippen molar-refractivity contribution in [3.8, 4) is 0 Å². The summed E-state index contributed by atoms with van der Waals surface area (Å²) in [5.74, 6) is -0.917. The molecule has 0 heterocycles. The molecule has 2 unspecified atom stereocenters. The molecule has 0 aliphatic heterocycles. The highest BCUT2D eigenvalue weighted by atomic mass is 32.2. The molecule has 0 aromatic carbocycles. The fraction of sp³-hybridized carbons (Fsp3) is 0.750. The number of rotatable bonds is 9. The molecule has 118 valence electrons. The van der Waals surface area contributed by atoms with Crippen LogP contribution in [0, 0.1) is 0 Å². The molecule has 0 bridgehead atoms. The third kappa shape index (κ3) is 7.11. The number of nitrogens with two attached hydrogens (primary N) is 1. The van der Waals surface area contributed by atoms with Crippen LogP contribution in [0.5, 0.6) is 0 Å². The highest BCUT2D eigenvalue weighted by molar-refractivity contribution is 7.85. The minimum absolute atomic E-state index is 0.0801. The summed E-state index contributed by atoms with van der Waals surface area (Å²) in [5, 5.41) is 9.70. The molecule has 20 heavy (non-hydrogen) atoms. The van der Waals surface area contributed by atoms with Crippen LogP contribution in [0.2, 0.25) is 0 Å². The first-order chi connectivity index (χ1) is 8.87. The van der Waals surface area contributed by atoms with Crippen LogP contribution in [0.4, 0.5) is 0 Å². The first-order valence-corrected chi connectivity index (χ1v) is 7.76. The first kappa shape index (κ1) is 19.2. The lowest BCUT2D eigenvalue weighted by molar-refractivity contribution is -0.116. The lowest BCUT2D eigenvalue weighted by Crippen LogP contribution is -2.55. The molecular formula is C12H24N2O5S. The van der Waals surface area contributed by atoms with E-state index in [0.29, 0.717) is 5.57 Å². The zero-order chi connectivity index (χ0) is 16.1. The van der Waals surface area contributed by atoms with Crippen LogP contribution < -0.4 is 5.73 Å². The molecule has 0 fully saturated rings. The number of carbonyl (C=O) groups is 1. The number of aliphatic hydroxyl groups excluding tert-OH is 1. The molecule has 0 rings (SSSR count). The summed E-state index contributed by atoms with van der Waals surface area (Å²) in [6.07, 6.45) is -0.988. The summed E-state index contributed by atoms with van der Waals surface area (Å²) in [6, 6.07) is 0. The highest BCUT2D eigenvalue weighted by Gasteiger charge is 2.32. The van der Waals surface area contributed by atoms with Gasteiger partial charge in [0.1, 0.15) is 5.75 Å². The number of carbonyl (C=O) groups excluding carboxylic acids is 1. The Bertz CT molecular complexity index is 460. The molecule has 7 nitrogen and oxygen atoms in total. The topological polar surface area (TPSA) is 121 Å². The van der Waals surface area contributed by atoms with Crippen molar-refractivity contribution >= 4 is 15.9 Å². The Hall–Kier alpha value is -0.800. The fourth-order valence-electron chi connectivity index (χ4n) is 1.76. The Balaban J connectivity index is 4.76. The standard InChI is InChI=1S/C12H24N2O5S/c1-9(2)11(16)5-6-12(13,14(3)4)7-10(15)8-20(17,18)19/h10,15H,1,5-8,13H2,2-4H3,(H,17,18,19). The van der Waals surface area contributed by atoms with E-state index in [9.17, 15) is 18.3 Å². The van der Waals surface area contributed by atoms with Crippen molar-refractivity contribution in [2.75, 3.05) is 19.8 Å². The Labute approximate surface area is 120 Å². The molecular weight excluding hydrogens is 284 g/mol. The van der Waals surface area contributed by atoms with Crippen molar-refractivity contribution in [1.82, 2.24) is 4.90 Å². The molecule has 2 atom stereocenters. The largest absolute Gasteiger partial charge is 0.392 e. The Morgan fingerprint density at radius 1 is 1.45 bits per heavy atom. The predicted molar refractivity (Wildman–Crippen MR) is 76.7 cm³/mol. The van der Waals surface area contributed by atoms with Crippen LogP contribution in [0.25, 0.3) is 0 Å². The second-order valence-electron chi connectivity index (χ2n) is 5.31. The monoisotopic (exact) mass is 308 g/mol. The van der Waals surface area contributed by atoms with Gasteiger partial charge in [-0.3, -0.25) is 14.2 Å². The molecule has 0 aliphatic rings. The van der Waals surface area contributed by atoms with Crippen LogP contribution in [-0.4, -0.2) is 60.4 Å². The molecule has 0 aromatic heterocycles. The minimum Gasteiger partial charge on any atom is -0.392 e.